The Labute approximate surface area is 106 Å². The number of hydrogen-bond acceptors (Lipinski definition) is 3. The lowest BCUT2D eigenvalue weighted by Crippen LogP contribution is -2.48. The molecule has 0 fully saturated rings. The molecule has 2 atom stereocenters. The molecule has 2 aromatic carbocycles. The smallest absolute Gasteiger partial charge is 0.133 e. The van der Waals surface area contributed by atoms with E-state index in [1.165, 1.54) is 0 Å². The van der Waals surface area contributed by atoms with Crippen molar-refractivity contribution >= 4 is 10.8 Å². The molecular formula is C15H16O3. The van der Waals surface area contributed by atoms with Gasteiger partial charge in [0.05, 0.1) is 0 Å². The predicted octanol–water partition coefficient (Wildman–Crippen LogP) is 2.41. The summed E-state index contributed by atoms with van der Waals surface area (Å²) >= 11 is 0. The van der Waals surface area contributed by atoms with Crippen LogP contribution in [0.2, 0.25) is 0 Å². The largest absolute Gasteiger partial charge is 0.484 e. The van der Waals surface area contributed by atoms with Crippen molar-refractivity contribution in [1.82, 2.24) is 0 Å². The van der Waals surface area contributed by atoms with Crippen molar-refractivity contribution in [2.75, 3.05) is 0 Å². The molecule has 0 saturated carbocycles. The third-order valence-electron chi connectivity index (χ3n) is 3.61. The maximum absolute atomic E-state index is 10.2. The fraction of sp³-hybridized carbons (Fsp3) is 0.333. The highest BCUT2D eigenvalue weighted by molar-refractivity contribution is 5.90. The fourth-order valence-corrected chi connectivity index (χ4v) is 2.48. The first-order chi connectivity index (χ1) is 8.50. The van der Waals surface area contributed by atoms with Crippen LogP contribution in [-0.2, 0) is 0 Å². The second-order valence-corrected chi connectivity index (χ2v) is 5.30. The van der Waals surface area contributed by atoms with Crippen molar-refractivity contribution in [1.29, 1.82) is 0 Å². The molecule has 1 aliphatic rings. The van der Waals surface area contributed by atoms with E-state index >= 15 is 0 Å². The fourth-order valence-electron chi connectivity index (χ4n) is 2.48. The minimum atomic E-state index is -0.925. The molecule has 1 heterocycles. The first-order valence-corrected chi connectivity index (χ1v) is 6.07. The van der Waals surface area contributed by atoms with Gasteiger partial charge in [-0.2, -0.15) is 0 Å². The number of hydrogen-bond donors (Lipinski definition) is 2. The molecular weight excluding hydrogens is 228 g/mol. The molecule has 3 nitrogen and oxygen atoms in total. The highest BCUT2D eigenvalue weighted by Crippen LogP contribution is 2.43. The highest BCUT2D eigenvalue weighted by Gasteiger charge is 2.42. The lowest BCUT2D eigenvalue weighted by Gasteiger charge is -2.40. The molecule has 2 N–H and O–H groups in total. The van der Waals surface area contributed by atoms with E-state index in [0.717, 1.165) is 10.8 Å². The zero-order chi connectivity index (χ0) is 12.9. The zero-order valence-corrected chi connectivity index (χ0v) is 10.4. The van der Waals surface area contributed by atoms with Gasteiger partial charge >= 0.3 is 0 Å². The maximum Gasteiger partial charge on any atom is 0.133 e. The van der Waals surface area contributed by atoms with Crippen LogP contribution in [0.1, 0.15) is 25.5 Å². The Morgan fingerprint density at radius 1 is 1.06 bits per heavy atom. The van der Waals surface area contributed by atoms with Gasteiger partial charge in [-0.15, -0.1) is 0 Å². The van der Waals surface area contributed by atoms with Gasteiger partial charge in [0, 0.05) is 10.9 Å². The Morgan fingerprint density at radius 3 is 2.56 bits per heavy atom. The SMILES string of the molecule is CC1(C)Oc2c(ccc3ccccc23)[C@@H](O)[C@@H]1O. The molecule has 0 amide bonds. The van der Waals surface area contributed by atoms with E-state index in [9.17, 15) is 10.2 Å². The molecule has 0 aromatic heterocycles. The van der Waals surface area contributed by atoms with E-state index in [2.05, 4.69) is 0 Å². The number of aliphatic hydroxyl groups is 2. The van der Waals surface area contributed by atoms with E-state index < -0.39 is 17.8 Å². The van der Waals surface area contributed by atoms with Gasteiger partial charge in [0.25, 0.3) is 0 Å². The maximum atomic E-state index is 10.2. The van der Waals surface area contributed by atoms with E-state index in [4.69, 9.17) is 4.74 Å². The summed E-state index contributed by atoms with van der Waals surface area (Å²) in [6.45, 7) is 3.57. The molecule has 0 bridgehead atoms. The topological polar surface area (TPSA) is 49.7 Å². The summed E-state index contributed by atoms with van der Waals surface area (Å²) in [5.74, 6) is 0.677. The molecule has 3 rings (SSSR count). The lowest BCUT2D eigenvalue weighted by molar-refractivity contribution is -0.110. The molecule has 94 valence electrons. The lowest BCUT2D eigenvalue weighted by atomic mass is 9.87. The molecule has 2 aromatic rings. The summed E-state index contributed by atoms with van der Waals surface area (Å²) in [4.78, 5) is 0. The Hall–Kier alpha value is -1.58. The third kappa shape index (κ3) is 1.51. The zero-order valence-electron chi connectivity index (χ0n) is 10.4. The summed E-state index contributed by atoms with van der Waals surface area (Å²) in [6, 6.07) is 11.6. The van der Waals surface area contributed by atoms with Crippen LogP contribution in [0.25, 0.3) is 10.8 Å². The molecule has 1 aliphatic heterocycles. The first-order valence-electron chi connectivity index (χ1n) is 6.07. The quantitative estimate of drug-likeness (QED) is 0.748. The summed E-state index contributed by atoms with van der Waals surface area (Å²) in [7, 11) is 0. The summed E-state index contributed by atoms with van der Waals surface area (Å²) < 4.78 is 5.91. The van der Waals surface area contributed by atoms with Crippen LogP contribution in [0.4, 0.5) is 0 Å². The van der Waals surface area contributed by atoms with Gasteiger partial charge in [-0.25, -0.2) is 0 Å². The Kier molecular flexibility index (Phi) is 2.37. The van der Waals surface area contributed by atoms with Crippen molar-refractivity contribution in [3.05, 3.63) is 42.0 Å². The van der Waals surface area contributed by atoms with Crippen LogP contribution in [0.5, 0.6) is 5.75 Å². The Morgan fingerprint density at radius 2 is 1.78 bits per heavy atom. The highest BCUT2D eigenvalue weighted by atomic mass is 16.5. The number of rotatable bonds is 0. The average molecular weight is 244 g/mol. The predicted molar refractivity (Wildman–Crippen MR) is 69.6 cm³/mol. The normalized spacial score (nSPS) is 25.6. The van der Waals surface area contributed by atoms with Crippen molar-refractivity contribution < 1.29 is 14.9 Å². The number of fused-ring (bicyclic) bond motifs is 3. The number of aliphatic hydroxyl groups excluding tert-OH is 2. The van der Waals surface area contributed by atoms with Crippen LogP contribution in [0.3, 0.4) is 0 Å². The second kappa shape index (κ2) is 3.70. The number of ether oxygens (including phenoxy) is 1. The van der Waals surface area contributed by atoms with E-state index in [1.807, 2.05) is 36.4 Å². The summed E-state index contributed by atoms with van der Waals surface area (Å²) in [6.07, 6.45) is -1.83. The minimum absolute atomic E-state index is 0.653. The number of benzene rings is 2. The van der Waals surface area contributed by atoms with E-state index in [-0.39, 0.29) is 0 Å². The van der Waals surface area contributed by atoms with Gasteiger partial charge in [-0.3, -0.25) is 0 Å². The van der Waals surface area contributed by atoms with E-state index in [1.54, 1.807) is 13.8 Å². The van der Waals surface area contributed by atoms with Gasteiger partial charge in [-0.1, -0.05) is 36.4 Å². The Balaban J connectivity index is 2.29. The molecule has 0 spiro atoms. The van der Waals surface area contributed by atoms with Gasteiger partial charge < -0.3 is 14.9 Å². The van der Waals surface area contributed by atoms with Crippen molar-refractivity contribution in [3.63, 3.8) is 0 Å². The standard InChI is InChI=1S/C15H16O3/c1-15(2)14(17)12(16)11-8-7-9-5-3-4-6-10(9)13(11)18-15/h3-8,12,14,16-17H,1-2H3/t12-,14+/m1/s1. The van der Waals surface area contributed by atoms with Crippen molar-refractivity contribution in [2.45, 2.75) is 31.7 Å². The van der Waals surface area contributed by atoms with Gasteiger partial charge in [0.2, 0.25) is 0 Å². The van der Waals surface area contributed by atoms with E-state index in [0.29, 0.717) is 11.3 Å². The van der Waals surface area contributed by atoms with Crippen LogP contribution >= 0.6 is 0 Å². The monoisotopic (exact) mass is 244 g/mol. The van der Waals surface area contributed by atoms with Gasteiger partial charge in [0.15, 0.2) is 0 Å². The second-order valence-electron chi connectivity index (χ2n) is 5.30. The van der Waals surface area contributed by atoms with Crippen LogP contribution in [0, 0.1) is 0 Å². The molecule has 3 heteroatoms. The average Bonchev–Trinajstić information content (AvgIpc) is 2.36. The summed E-state index contributed by atoms with van der Waals surface area (Å²) in [5.41, 5.74) is -0.142. The van der Waals surface area contributed by atoms with Crippen molar-refractivity contribution in [3.8, 4) is 5.75 Å². The summed E-state index contributed by atoms with van der Waals surface area (Å²) in [5, 5.41) is 22.3. The van der Waals surface area contributed by atoms with Crippen LogP contribution < -0.4 is 4.74 Å². The molecule has 0 radical (unpaired) electrons. The van der Waals surface area contributed by atoms with Gasteiger partial charge in [0.1, 0.15) is 23.6 Å². The molecule has 0 aliphatic carbocycles. The van der Waals surface area contributed by atoms with Crippen LogP contribution in [-0.4, -0.2) is 21.9 Å². The molecule has 0 saturated heterocycles. The van der Waals surface area contributed by atoms with Gasteiger partial charge in [-0.05, 0) is 19.2 Å². The van der Waals surface area contributed by atoms with Crippen LogP contribution in [0.15, 0.2) is 36.4 Å². The first kappa shape index (κ1) is 11.5. The Bertz CT molecular complexity index is 604. The molecule has 0 unspecified atom stereocenters. The van der Waals surface area contributed by atoms with Crippen molar-refractivity contribution in [2.24, 2.45) is 0 Å². The third-order valence-corrected chi connectivity index (χ3v) is 3.61. The molecule has 18 heavy (non-hydrogen) atoms. The minimum Gasteiger partial charge on any atom is -0.484 e.